The topological polar surface area (TPSA) is 53.2 Å². The summed E-state index contributed by atoms with van der Waals surface area (Å²) in [5.41, 5.74) is 0. The average molecular weight is 185 g/mol. The largest absolute Gasteiger partial charge is 0.355 e. The lowest BCUT2D eigenvalue weighted by atomic mass is 10.2. The lowest BCUT2D eigenvalue weighted by Crippen LogP contribution is -2.55. The van der Waals surface area contributed by atoms with Crippen molar-refractivity contribution in [3.63, 3.8) is 0 Å². The number of carbonyl (C=O) groups excluding carboxylic acids is 1. The number of hydrogen-bond acceptors (Lipinski definition) is 3. The fourth-order valence-corrected chi connectivity index (χ4v) is 1.35. The van der Waals surface area contributed by atoms with Crippen molar-refractivity contribution in [2.45, 2.75) is 25.8 Å². The van der Waals surface area contributed by atoms with Gasteiger partial charge in [-0.2, -0.15) is 0 Å². The first kappa shape index (κ1) is 10.5. The van der Waals surface area contributed by atoms with E-state index in [0.29, 0.717) is 0 Å². The van der Waals surface area contributed by atoms with Gasteiger partial charge in [0.25, 0.3) is 0 Å². The molecule has 1 aliphatic heterocycles. The molecule has 1 aliphatic rings. The van der Waals surface area contributed by atoms with Crippen LogP contribution in [0.15, 0.2) is 0 Å². The lowest BCUT2D eigenvalue weighted by Gasteiger charge is -2.23. The minimum absolute atomic E-state index is 0.0365. The Morgan fingerprint density at radius 1 is 1.54 bits per heavy atom. The standard InChI is InChI=1S/C9H19N3O/c1-2-3-4-12-9(13)8-7-10-5-6-11-8/h8,10-11H,2-7H2,1H3,(H,12,13). The third-order valence-electron chi connectivity index (χ3n) is 2.19. The van der Waals surface area contributed by atoms with Crippen LogP contribution in [0.2, 0.25) is 0 Å². The zero-order valence-corrected chi connectivity index (χ0v) is 8.23. The van der Waals surface area contributed by atoms with Gasteiger partial charge in [-0.1, -0.05) is 13.3 Å². The van der Waals surface area contributed by atoms with E-state index in [0.717, 1.165) is 39.0 Å². The first-order valence-corrected chi connectivity index (χ1v) is 5.06. The molecule has 0 aromatic carbocycles. The molecule has 0 bridgehead atoms. The first-order valence-electron chi connectivity index (χ1n) is 5.06. The highest BCUT2D eigenvalue weighted by Gasteiger charge is 2.18. The zero-order valence-electron chi connectivity index (χ0n) is 8.23. The molecule has 0 radical (unpaired) electrons. The summed E-state index contributed by atoms with van der Waals surface area (Å²) >= 11 is 0. The van der Waals surface area contributed by atoms with Gasteiger partial charge in [0.15, 0.2) is 0 Å². The lowest BCUT2D eigenvalue weighted by molar-refractivity contribution is -0.123. The Kier molecular flexibility index (Phi) is 4.78. The molecule has 1 saturated heterocycles. The smallest absolute Gasteiger partial charge is 0.238 e. The Morgan fingerprint density at radius 2 is 2.38 bits per heavy atom. The van der Waals surface area contributed by atoms with E-state index >= 15 is 0 Å². The number of nitrogens with one attached hydrogen (secondary N) is 3. The molecule has 1 heterocycles. The van der Waals surface area contributed by atoms with Crippen LogP contribution in [-0.4, -0.2) is 38.1 Å². The molecule has 1 rings (SSSR count). The molecule has 0 aromatic heterocycles. The molecule has 13 heavy (non-hydrogen) atoms. The molecule has 76 valence electrons. The van der Waals surface area contributed by atoms with Gasteiger partial charge in [0.05, 0.1) is 6.04 Å². The number of unbranched alkanes of at least 4 members (excludes halogenated alkanes) is 1. The van der Waals surface area contributed by atoms with E-state index in [1.807, 2.05) is 0 Å². The van der Waals surface area contributed by atoms with Crippen LogP contribution in [0.3, 0.4) is 0 Å². The third-order valence-corrected chi connectivity index (χ3v) is 2.19. The molecule has 1 unspecified atom stereocenters. The summed E-state index contributed by atoms with van der Waals surface area (Å²) < 4.78 is 0. The second-order valence-electron chi connectivity index (χ2n) is 3.36. The Morgan fingerprint density at radius 3 is 3.00 bits per heavy atom. The highest BCUT2D eigenvalue weighted by atomic mass is 16.2. The highest BCUT2D eigenvalue weighted by molar-refractivity contribution is 5.82. The van der Waals surface area contributed by atoms with Crippen molar-refractivity contribution in [3.8, 4) is 0 Å². The van der Waals surface area contributed by atoms with Crippen molar-refractivity contribution in [2.24, 2.45) is 0 Å². The second-order valence-corrected chi connectivity index (χ2v) is 3.36. The van der Waals surface area contributed by atoms with Gasteiger partial charge in [-0.25, -0.2) is 0 Å². The summed E-state index contributed by atoms with van der Waals surface area (Å²) in [5, 5.41) is 9.27. The van der Waals surface area contributed by atoms with Gasteiger partial charge in [-0.3, -0.25) is 4.79 Å². The quantitative estimate of drug-likeness (QED) is 0.516. The van der Waals surface area contributed by atoms with Gasteiger partial charge in [-0.15, -0.1) is 0 Å². The minimum Gasteiger partial charge on any atom is -0.355 e. The van der Waals surface area contributed by atoms with Crippen molar-refractivity contribution in [2.75, 3.05) is 26.2 Å². The first-order chi connectivity index (χ1) is 6.34. The normalized spacial score (nSPS) is 22.7. The van der Waals surface area contributed by atoms with E-state index in [1.54, 1.807) is 0 Å². The molecule has 0 spiro atoms. The summed E-state index contributed by atoms with van der Waals surface area (Å²) in [5.74, 6) is 0.126. The molecule has 1 amide bonds. The minimum atomic E-state index is -0.0365. The summed E-state index contributed by atoms with van der Waals surface area (Å²) in [6, 6.07) is -0.0365. The van der Waals surface area contributed by atoms with Gasteiger partial charge in [0.1, 0.15) is 0 Å². The van der Waals surface area contributed by atoms with Crippen LogP contribution in [0.25, 0.3) is 0 Å². The van der Waals surface area contributed by atoms with Gasteiger partial charge < -0.3 is 16.0 Å². The van der Waals surface area contributed by atoms with E-state index in [4.69, 9.17) is 0 Å². The summed E-state index contributed by atoms with van der Waals surface area (Å²) in [4.78, 5) is 11.5. The predicted molar refractivity (Wildman–Crippen MR) is 52.6 cm³/mol. The van der Waals surface area contributed by atoms with Crippen molar-refractivity contribution in [3.05, 3.63) is 0 Å². The van der Waals surface area contributed by atoms with Crippen LogP contribution < -0.4 is 16.0 Å². The highest BCUT2D eigenvalue weighted by Crippen LogP contribution is 1.88. The molecule has 0 saturated carbocycles. The van der Waals surface area contributed by atoms with Crippen molar-refractivity contribution in [1.29, 1.82) is 0 Å². The van der Waals surface area contributed by atoms with Crippen LogP contribution in [0.1, 0.15) is 19.8 Å². The predicted octanol–water partition coefficient (Wildman–Crippen LogP) is -0.536. The van der Waals surface area contributed by atoms with Crippen LogP contribution >= 0.6 is 0 Å². The van der Waals surface area contributed by atoms with E-state index in [2.05, 4.69) is 22.9 Å². The van der Waals surface area contributed by atoms with Gasteiger partial charge in [-0.05, 0) is 6.42 Å². The fourth-order valence-electron chi connectivity index (χ4n) is 1.35. The van der Waals surface area contributed by atoms with E-state index in [1.165, 1.54) is 0 Å². The number of piperazine rings is 1. The number of carbonyl (C=O) groups is 1. The summed E-state index contributed by atoms with van der Waals surface area (Å²) in [6.07, 6.45) is 2.18. The second kappa shape index (κ2) is 5.94. The van der Waals surface area contributed by atoms with Gasteiger partial charge in [0.2, 0.25) is 5.91 Å². The average Bonchev–Trinajstić information content (AvgIpc) is 2.19. The summed E-state index contributed by atoms with van der Waals surface area (Å²) in [6.45, 7) is 5.50. The Labute approximate surface area is 79.5 Å². The zero-order chi connectivity index (χ0) is 9.52. The molecule has 3 N–H and O–H groups in total. The van der Waals surface area contributed by atoms with Gasteiger partial charge in [0, 0.05) is 26.2 Å². The summed E-state index contributed by atoms with van der Waals surface area (Å²) in [7, 11) is 0. The molecule has 1 fully saturated rings. The third kappa shape index (κ3) is 3.74. The fraction of sp³-hybridized carbons (Fsp3) is 0.889. The van der Waals surface area contributed by atoms with E-state index in [9.17, 15) is 4.79 Å². The maximum absolute atomic E-state index is 11.5. The number of rotatable bonds is 4. The maximum Gasteiger partial charge on any atom is 0.238 e. The number of hydrogen-bond donors (Lipinski definition) is 3. The SMILES string of the molecule is CCCCNC(=O)C1CNCCN1. The van der Waals surface area contributed by atoms with Crippen LogP contribution in [-0.2, 0) is 4.79 Å². The van der Waals surface area contributed by atoms with E-state index < -0.39 is 0 Å². The monoisotopic (exact) mass is 185 g/mol. The molecule has 4 nitrogen and oxygen atoms in total. The van der Waals surface area contributed by atoms with Crippen molar-refractivity contribution >= 4 is 5.91 Å². The molecule has 4 heteroatoms. The van der Waals surface area contributed by atoms with Crippen LogP contribution in [0, 0.1) is 0 Å². The molecule has 1 atom stereocenters. The van der Waals surface area contributed by atoms with Crippen molar-refractivity contribution < 1.29 is 4.79 Å². The van der Waals surface area contributed by atoms with Crippen molar-refractivity contribution in [1.82, 2.24) is 16.0 Å². The molecule has 0 aromatic rings. The molecule has 0 aliphatic carbocycles. The Balaban J connectivity index is 2.13. The Hall–Kier alpha value is -0.610. The molecular weight excluding hydrogens is 166 g/mol. The Bertz CT molecular complexity index is 155. The van der Waals surface area contributed by atoms with Crippen LogP contribution in [0.4, 0.5) is 0 Å². The maximum atomic E-state index is 11.5. The van der Waals surface area contributed by atoms with Crippen LogP contribution in [0.5, 0.6) is 0 Å². The number of amides is 1. The van der Waals surface area contributed by atoms with Gasteiger partial charge >= 0.3 is 0 Å². The van der Waals surface area contributed by atoms with E-state index in [-0.39, 0.29) is 11.9 Å². The molecular formula is C9H19N3O.